The number of hydrogen-bond acceptors (Lipinski definition) is 6. The maximum atomic E-state index is 13.4. The second-order valence-electron chi connectivity index (χ2n) is 6.73. The summed E-state index contributed by atoms with van der Waals surface area (Å²) in [6.45, 7) is 2.02. The molecule has 2 aromatic carbocycles. The fraction of sp³-hybridized carbons (Fsp3) is 0.0909. The highest BCUT2D eigenvalue weighted by Gasteiger charge is 2.18. The van der Waals surface area contributed by atoms with Gasteiger partial charge in [-0.1, -0.05) is 36.4 Å². The Labute approximate surface area is 170 Å². The highest BCUT2D eigenvalue weighted by molar-refractivity contribution is 7.16. The summed E-state index contributed by atoms with van der Waals surface area (Å²) in [5, 5.41) is 5.03. The molecule has 1 atom stereocenters. The van der Waals surface area contributed by atoms with Crippen LogP contribution in [0.15, 0.2) is 77.3 Å². The predicted molar refractivity (Wildman–Crippen MR) is 117 cm³/mol. The number of hydrogen-bond donors (Lipinski definition) is 1. The third-order valence-corrected chi connectivity index (χ3v) is 5.63. The van der Waals surface area contributed by atoms with Crippen LogP contribution in [0.2, 0.25) is 0 Å². The Hall–Kier alpha value is -3.58. The molecule has 142 valence electrons. The third kappa shape index (κ3) is 3.05. The van der Waals surface area contributed by atoms with Crippen LogP contribution in [0.3, 0.4) is 0 Å². The minimum absolute atomic E-state index is 0.0422. The van der Waals surface area contributed by atoms with Crippen molar-refractivity contribution in [2.45, 2.75) is 13.0 Å². The van der Waals surface area contributed by atoms with E-state index in [9.17, 15) is 4.79 Å². The van der Waals surface area contributed by atoms with Crippen molar-refractivity contribution in [3.05, 3.63) is 88.5 Å². The van der Waals surface area contributed by atoms with Crippen molar-refractivity contribution in [3.63, 3.8) is 0 Å². The number of thiazole rings is 1. The SMILES string of the molecule is C[C@H](Nc1ncnc2scnc12)c1cc2ccccc2c(=O)n1-c1ccccc1. The number of anilines is 1. The summed E-state index contributed by atoms with van der Waals surface area (Å²) in [5.74, 6) is 0.656. The minimum Gasteiger partial charge on any atom is -0.360 e. The van der Waals surface area contributed by atoms with Gasteiger partial charge in [-0.15, -0.1) is 11.3 Å². The summed E-state index contributed by atoms with van der Waals surface area (Å²) in [7, 11) is 0. The van der Waals surface area contributed by atoms with Crippen molar-refractivity contribution in [1.29, 1.82) is 0 Å². The molecule has 6 nitrogen and oxygen atoms in total. The van der Waals surface area contributed by atoms with Crippen LogP contribution in [0, 0.1) is 0 Å². The maximum absolute atomic E-state index is 13.4. The first-order valence-corrected chi connectivity index (χ1v) is 10.1. The van der Waals surface area contributed by atoms with Gasteiger partial charge >= 0.3 is 0 Å². The lowest BCUT2D eigenvalue weighted by molar-refractivity contribution is 0.774. The topological polar surface area (TPSA) is 72.7 Å². The second kappa shape index (κ2) is 7.10. The van der Waals surface area contributed by atoms with Crippen molar-refractivity contribution in [1.82, 2.24) is 19.5 Å². The third-order valence-electron chi connectivity index (χ3n) is 4.90. The highest BCUT2D eigenvalue weighted by Crippen LogP contribution is 2.27. The largest absolute Gasteiger partial charge is 0.360 e. The first-order chi connectivity index (χ1) is 14.2. The Kier molecular flexibility index (Phi) is 4.29. The Balaban J connectivity index is 1.69. The van der Waals surface area contributed by atoms with Crippen LogP contribution in [0.1, 0.15) is 18.7 Å². The second-order valence-corrected chi connectivity index (χ2v) is 7.56. The summed E-state index contributed by atoms with van der Waals surface area (Å²) >= 11 is 1.47. The Bertz CT molecular complexity index is 1380. The molecule has 0 bridgehead atoms. The number of pyridine rings is 1. The van der Waals surface area contributed by atoms with Crippen molar-refractivity contribution >= 4 is 38.3 Å². The summed E-state index contributed by atoms with van der Waals surface area (Å²) in [6, 6.07) is 19.2. The molecule has 7 heteroatoms. The number of para-hydroxylation sites is 1. The zero-order valence-corrected chi connectivity index (χ0v) is 16.4. The molecular formula is C22H17N5OS. The van der Waals surface area contributed by atoms with Gasteiger partial charge in [0.15, 0.2) is 5.82 Å². The molecule has 29 heavy (non-hydrogen) atoms. The van der Waals surface area contributed by atoms with E-state index in [4.69, 9.17) is 0 Å². The van der Waals surface area contributed by atoms with Crippen LogP contribution in [-0.4, -0.2) is 19.5 Å². The van der Waals surface area contributed by atoms with E-state index in [1.54, 1.807) is 10.1 Å². The average Bonchev–Trinajstić information content (AvgIpc) is 3.24. The normalized spacial score (nSPS) is 12.3. The first-order valence-electron chi connectivity index (χ1n) is 9.23. The van der Waals surface area contributed by atoms with E-state index in [1.165, 1.54) is 17.7 Å². The molecular weight excluding hydrogens is 382 g/mol. The zero-order valence-electron chi connectivity index (χ0n) is 15.6. The molecule has 0 saturated heterocycles. The van der Waals surface area contributed by atoms with Crippen LogP contribution >= 0.6 is 11.3 Å². The quantitative estimate of drug-likeness (QED) is 0.479. The predicted octanol–water partition coefficient (Wildman–Crippen LogP) is 4.56. The van der Waals surface area contributed by atoms with Gasteiger partial charge in [0.05, 0.1) is 11.6 Å². The Morgan fingerprint density at radius 3 is 2.66 bits per heavy atom. The monoisotopic (exact) mass is 399 g/mol. The molecule has 0 radical (unpaired) electrons. The first kappa shape index (κ1) is 17.5. The molecule has 0 unspecified atom stereocenters. The zero-order chi connectivity index (χ0) is 19.8. The van der Waals surface area contributed by atoms with Crippen LogP contribution < -0.4 is 10.9 Å². The number of fused-ring (bicyclic) bond motifs is 2. The molecule has 0 aliphatic carbocycles. The van der Waals surface area contributed by atoms with Gasteiger partial charge in [0.25, 0.3) is 5.56 Å². The van der Waals surface area contributed by atoms with Crippen LogP contribution in [0.25, 0.3) is 26.8 Å². The number of nitrogens with one attached hydrogen (secondary N) is 1. The van der Waals surface area contributed by atoms with Gasteiger partial charge in [-0.2, -0.15) is 0 Å². The molecule has 0 fully saturated rings. The van der Waals surface area contributed by atoms with Gasteiger partial charge in [-0.3, -0.25) is 9.36 Å². The molecule has 0 saturated carbocycles. The van der Waals surface area contributed by atoms with Gasteiger partial charge in [0.1, 0.15) is 16.7 Å². The van der Waals surface area contributed by atoms with Crippen LogP contribution in [0.4, 0.5) is 5.82 Å². The van der Waals surface area contributed by atoms with E-state index in [-0.39, 0.29) is 11.6 Å². The summed E-state index contributed by atoms with van der Waals surface area (Å²) in [4.78, 5) is 27.2. The summed E-state index contributed by atoms with van der Waals surface area (Å²) < 4.78 is 1.76. The van der Waals surface area contributed by atoms with Crippen LogP contribution in [-0.2, 0) is 0 Å². The molecule has 0 aliphatic heterocycles. The van der Waals surface area contributed by atoms with Gasteiger partial charge in [0, 0.05) is 16.8 Å². The number of rotatable bonds is 4. The average molecular weight is 399 g/mol. The molecule has 5 aromatic rings. The van der Waals surface area contributed by atoms with Crippen molar-refractivity contribution in [2.24, 2.45) is 0 Å². The van der Waals surface area contributed by atoms with Gasteiger partial charge < -0.3 is 5.32 Å². The van der Waals surface area contributed by atoms with E-state index in [1.807, 2.05) is 61.5 Å². The molecule has 5 rings (SSSR count). The summed E-state index contributed by atoms with van der Waals surface area (Å²) in [5.41, 5.74) is 4.12. The van der Waals surface area contributed by atoms with Crippen LogP contribution in [0.5, 0.6) is 0 Å². The summed E-state index contributed by atoms with van der Waals surface area (Å²) in [6.07, 6.45) is 1.53. The van der Waals surface area contributed by atoms with E-state index >= 15 is 0 Å². The smallest absolute Gasteiger partial charge is 0.263 e. The molecule has 3 heterocycles. The minimum atomic E-state index is -0.188. The lowest BCUT2D eigenvalue weighted by Gasteiger charge is -2.21. The lowest BCUT2D eigenvalue weighted by Crippen LogP contribution is -2.25. The fourth-order valence-corrected chi connectivity index (χ4v) is 4.15. The lowest BCUT2D eigenvalue weighted by atomic mass is 10.1. The van der Waals surface area contributed by atoms with Gasteiger partial charge in [-0.25, -0.2) is 15.0 Å². The van der Waals surface area contributed by atoms with E-state index in [0.717, 1.165) is 27.1 Å². The van der Waals surface area contributed by atoms with Crippen molar-refractivity contribution in [2.75, 3.05) is 5.32 Å². The maximum Gasteiger partial charge on any atom is 0.263 e. The number of nitrogens with zero attached hydrogens (tertiary/aromatic N) is 4. The van der Waals surface area contributed by atoms with E-state index < -0.39 is 0 Å². The highest BCUT2D eigenvalue weighted by atomic mass is 32.1. The molecule has 3 aromatic heterocycles. The van der Waals surface area contributed by atoms with E-state index in [2.05, 4.69) is 26.3 Å². The molecule has 0 spiro atoms. The van der Waals surface area contributed by atoms with Gasteiger partial charge in [0.2, 0.25) is 0 Å². The molecule has 0 amide bonds. The Morgan fingerprint density at radius 2 is 1.79 bits per heavy atom. The van der Waals surface area contributed by atoms with Gasteiger partial charge in [-0.05, 0) is 36.6 Å². The van der Waals surface area contributed by atoms with E-state index in [0.29, 0.717) is 11.2 Å². The standard InChI is InChI=1S/C22H17N5OS/c1-14(26-20-19-21(24-12-23-20)29-13-25-19)18-11-15-7-5-6-10-17(15)22(28)27(18)16-8-3-2-4-9-16/h2-14H,1H3,(H,23,24,26)/t14-/m0/s1. The molecule has 0 aliphatic rings. The van der Waals surface area contributed by atoms with Crippen molar-refractivity contribution < 1.29 is 0 Å². The number of aromatic nitrogens is 4. The Morgan fingerprint density at radius 1 is 1.00 bits per heavy atom. The number of benzene rings is 2. The molecule has 1 N–H and O–H groups in total. The van der Waals surface area contributed by atoms with Crippen molar-refractivity contribution in [3.8, 4) is 5.69 Å². The fourth-order valence-electron chi connectivity index (χ4n) is 3.52.